The van der Waals surface area contributed by atoms with Crippen molar-refractivity contribution in [3.63, 3.8) is 0 Å². The summed E-state index contributed by atoms with van der Waals surface area (Å²) in [6.45, 7) is 0.729. The lowest BCUT2D eigenvalue weighted by Crippen LogP contribution is -2.43. The van der Waals surface area contributed by atoms with E-state index >= 15 is 0 Å². The van der Waals surface area contributed by atoms with E-state index in [1.165, 1.54) is 10.8 Å². The average molecular weight is 435 g/mol. The molecule has 1 N–H and O–H groups in total. The maximum atomic E-state index is 13.5. The van der Waals surface area contributed by atoms with E-state index in [0.29, 0.717) is 37.0 Å². The van der Waals surface area contributed by atoms with Crippen LogP contribution in [0.15, 0.2) is 46.1 Å². The van der Waals surface area contributed by atoms with Crippen LogP contribution in [0.1, 0.15) is 18.7 Å². The first kappa shape index (κ1) is 20.9. The number of halogens is 3. The second kappa shape index (κ2) is 8.05. The summed E-state index contributed by atoms with van der Waals surface area (Å²) in [5.41, 5.74) is -0.471. The summed E-state index contributed by atoms with van der Waals surface area (Å²) in [4.78, 5) is 42.8. The zero-order valence-electron chi connectivity index (χ0n) is 16.4. The average Bonchev–Trinajstić information content (AvgIpc) is 3.10. The number of nitrogens with zero attached hydrogens (tertiary/aromatic N) is 4. The Bertz CT molecular complexity index is 1220. The van der Waals surface area contributed by atoms with Gasteiger partial charge in [-0.05, 0) is 30.9 Å². The van der Waals surface area contributed by atoms with E-state index in [2.05, 4.69) is 9.97 Å². The number of imidazole rings is 1. The Morgan fingerprint density at radius 3 is 2.52 bits per heavy atom. The molecular formula is C20H20F3N5O3. The quantitative estimate of drug-likeness (QED) is 0.677. The normalized spacial score (nSPS) is 15.5. The summed E-state index contributed by atoms with van der Waals surface area (Å²) in [6.07, 6.45) is -2.22. The highest BCUT2D eigenvalue weighted by atomic mass is 19.4. The van der Waals surface area contributed by atoms with Gasteiger partial charge in [-0.2, -0.15) is 13.2 Å². The number of nitrogens with one attached hydrogen (secondary N) is 1. The molecule has 0 radical (unpaired) electrons. The Morgan fingerprint density at radius 2 is 1.84 bits per heavy atom. The highest BCUT2D eigenvalue weighted by Crippen LogP contribution is 2.33. The van der Waals surface area contributed by atoms with Gasteiger partial charge in [-0.25, -0.2) is 9.78 Å². The number of hydrogen-bond acceptors (Lipinski definition) is 4. The minimum absolute atomic E-state index is 0.0430. The molecule has 0 spiro atoms. The molecule has 2 aromatic heterocycles. The lowest BCUT2D eigenvalue weighted by atomic mass is 9.96. The van der Waals surface area contributed by atoms with Gasteiger partial charge in [-0.3, -0.25) is 19.1 Å². The number of aromatic amines is 1. The number of amides is 1. The van der Waals surface area contributed by atoms with E-state index in [1.807, 2.05) is 0 Å². The molecule has 0 bridgehead atoms. The molecule has 0 unspecified atom stereocenters. The minimum atomic E-state index is -4.56. The van der Waals surface area contributed by atoms with E-state index in [1.54, 1.807) is 29.2 Å². The standard InChI is InChI=1S/C20H20F3N5O3/c21-20(22,23)18-24-14-3-1-2-4-15(14)28(18)11-13-5-8-26(9-6-13)17(30)12-27-10-7-16(29)25-19(27)31/h1-4,7,10,13H,5-6,8-9,11-12H2,(H,25,29,31). The number of piperidine rings is 1. The predicted molar refractivity (Wildman–Crippen MR) is 105 cm³/mol. The van der Waals surface area contributed by atoms with Gasteiger partial charge in [-0.15, -0.1) is 0 Å². The summed E-state index contributed by atoms with van der Waals surface area (Å²) in [5.74, 6) is -1.24. The number of benzene rings is 1. The van der Waals surface area contributed by atoms with Crippen LogP contribution in [0.2, 0.25) is 0 Å². The lowest BCUT2D eigenvalue weighted by molar-refractivity contribution is -0.147. The number of hydrogen-bond donors (Lipinski definition) is 1. The van der Waals surface area contributed by atoms with E-state index in [4.69, 9.17) is 0 Å². The third-order valence-electron chi connectivity index (χ3n) is 5.52. The van der Waals surface area contributed by atoms with Crippen molar-refractivity contribution in [2.75, 3.05) is 13.1 Å². The molecule has 8 nitrogen and oxygen atoms in total. The summed E-state index contributed by atoms with van der Waals surface area (Å²) >= 11 is 0. The molecule has 1 aromatic carbocycles. The number of H-pyrrole nitrogens is 1. The Balaban J connectivity index is 1.43. The molecule has 11 heteroatoms. The first-order valence-electron chi connectivity index (χ1n) is 9.82. The van der Waals surface area contributed by atoms with Crippen LogP contribution in [0, 0.1) is 5.92 Å². The molecule has 4 rings (SSSR count). The lowest BCUT2D eigenvalue weighted by Gasteiger charge is -2.32. The van der Waals surface area contributed by atoms with Crippen molar-refractivity contribution in [1.29, 1.82) is 0 Å². The zero-order valence-corrected chi connectivity index (χ0v) is 16.4. The van der Waals surface area contributed by atoms with Gasteiger partial charge < -0.3 is 9.47 Å². The molecule has 3 aromatic rings. The van der Waals surface area contributed by atoms with Crippen LogP contribution in [0.4, 0.5) is 13.2 Å². The molecule has 3 heterocycles. The van der Waals surface area contributed by atoms with Gasteiger partial charge in [-0.1, -0.05) is 12.1 Å². The van der Waals surface area contributed by atoms with E-state index in [9.17, 15) is 27.6 Å². The first-order chi connectivity index (χ1) is 14.7. The van der Waals surface area contributed by atoms with Crippen molar-refractivity contribution in [3.8, 4) is 0 Å². The van der Waals surface area contributed by atoms with Crippen LogP contribution in [0.25, 0.3) is 11.0 Å². The topological polar surface area (TPSA) is 93.0 Å². The highest BCUT2D eigenvalue weighted by Gasteiger charge is 2.38. The van der Waals surface area contributed by atoms with Crippen molar-refractivity contribution in [2.45, 2.75) is 32.1 Å². The van der Waals surface area contributed by atoms with Gasteiger partial charge in [0.05, 0.1) is 11.0 Å². The summed E-state index contributed by atoms with van der Waals surface area (Å²) in [5, 5.41) is 0. The second-order valence-corrected chi connectivity index (χ2v) is 7.59. The number of rotatable bonds is 4. The molecule has 1 fully saturated rings. The number of fused-ring (bicyclic) bond motifs is 1. The highest BCUT2D eigenvalue weighted by molar-refractivity contribution is 5.76. The molecule has 1 saturated heterocycles. The number of alkyl halides is 3. The molecule has 0 atom stereocenters. The number of carbonyl (C=O) groups is 1. The molecule has 164 valence electrons. The zero-order chi connectivity index (χ0) is 22.2. The van der Waals surface area contributed by atoms with Gasteiger partial charge in [0.1, 0.15) is 6.54 Å². The van der Waals surface area contributed by atoms with Crippen molar-refractivity contribution >= 4 is 16.9 Å². The van der Waals surface area contributed by atoms with Gasteiger partial charge >= 0.3 is 11.9 Å². The number of carbonyl (C=O) groups excluding carboxylic acids is 1. The molecule has 0 aliphatic carbocycles. The Hall–Kier alpha value is -3.37. The smallest absolute Gasteiger partial charge is 0.341 e. The fraction of sp³-hybridized carbons (Fsp3) is 0.400. The van der Waals surface area contributed by atoms with Gasteiger partial charge in [0.25, 0.3) is 5.56 Å². The first-order valence-corrected chi connectivity index (χ1v) is 9.82. The van der Waals surface area contributed by atoms with Gasteiger partial charge in [0.15, 0.2) is 0 Å². The number of aromatic nitrogens is 4. The van der Waals surface area contributed by atoms with Crippen molar-refractivity contribution in [2.24, 2.45) is 5.92 Å². The maximum absolute atomic E-state index is 13.5. The van der Waals surface area contributed by atoms with Crippen LogP contribution in [0.5, 0.6) is 0 Å². The van der Waals surface area contributed by atoms with Crippen LogP contribution < -0.4 is 11.2 Å². The maximum Gasteiger partial charge on any atom is 0.449 e. The molecule has 1 aliphatic rings. The Kier molecular flexibility index (Phi) is 5.42. The van der Waals surface area contributed by atoms with Crippen LogP contribution in [0.3, 0.4) is 0 Å². The summed E-state index contributed by atoms with van der Waals surface area (Å²) in [7, 11) is 0. The third-order valence-corrected chi connectivity index (χ3v) is 5.52. The van der Waals surface area contributed by atoms with Gasteiger partial charge in [0.2, 0.25) is 11.7 Å². The van der Waals surface area contributed by atoms with Gasteiger partial charge in [0, 0.05) is 31.9 Å². The SMILES string of the molecule is O=C(Cn1ccc(=O)[nH]c1=O)N1CCC(Cn2c(C(F)(F)F)nc3ccccc32)CC1. The van der Waals surface area contributed by atoms with E-state index < -0.39 is 23.2 Å². The van der Waals surface area contributed by atoms with Crippen molar-refractivity contribution in [3.05, 3.63) is 63.2 Å². The fourth-order valence-corrected chi connectivity index (χ4v) is 3.91. The molecule has 31 heavy (non-hydrogen) atoms. The number of para-hydroxylation sites is 2. The fourth-order valence-electron chi connectivity index (χ4n) is 3.91. The largest absolute Gasteiger partial charge is 0.449 e. The van der Waals surface area contributed by atoms with Crippen molar-refractivity contribution in [1.82, 2.24) is 24.0 Å². The summed E-state index contributed by atoms with van der Waals surface area (Å²) < 4.78 is 42.8. The van der Waals surface area contributed by atoms with Crippen LogP contribution in [-0.2, 0) is 24.1 Å². The molecule has 1 aliphatic heterocycles. The Labute approximate surface area is 173 Å². The molecular weight excluding hydrogens is 415 g/mol. The minimum Gasteiger partial charge on any atom is -0.341 e. The van der Waals surface area contributed by atoms with Crippen molar-refractivity contribution < 1.29 is 18.0 Å². The third kappa shape index (κ3) is 4.39. The molecule has 0 saturated carbocycles. The second-order valence-electron chi connectivity index (χ2n) is 7.59. The van der Waals surface area contributed by atoms with Crippen LogP contribution >= 0.6 is 0 Å². The molecule has 1 amide bonds. The monoisotopic (exact) mass is 435 g/mol. The Morgan fingerprint density at radius 1 is 1.13 bits per heavy atom. The number of likely N-dealkylation sites (tertiary alicyclic amines) is 1. The van der Waals surface area contributed by atoms with E-state index in [0.717, 1.165) is 10.6 Å². The van der Waals surface area contributed by atoms with E-state index in [-0.39, 0.29) is 24.9 Å². The van der Waals surface area contributed by atoms with Crippen LogP contribution in [-0.4, -0.2) is 43.0 Å². The predicted octanol–water partition coefficient (Wildman–Crippen LogP) is 1.84. The summed E-state index contributed by atoms with van der Waals surface area (Å²) in [6, 6.07) is 7.67.